The highest BCUT2D eigenvalue weighted by molar-refractivity contribution is 5.96. The Kier molecular flexibility index (Phi) is 2.55. The third kappa shape index (κ3) is 1.73. The summed E-state index contributed by atoms with van der Waals surface area (Å²) in [5.41, 5.74) is 4.67. The summed E-state index contributed by atoms with van der Waals surface area (Å²) in [4.78, 5) is 13.3. The van der Waals surface area contributed by atoms with E-state index in [4.69, 9.17) is 5.73 Å². The summed E-state index contributed by atoms with van der Waals surface area (Å²) < 4.78 is 4.35. The van der Waals surface area contributed by atoms with Gasteiger partial charge in [-0.2, -0.15) is 0 Å². The number of carbonyl (C=O) groups is 1. The number of rotatable bonds is 3. The second-order valence-electron chi connectivity index (χ2n) is 4.13. The number of hydrogen-bond donors (Lipinski definition) is 2. The van der Waals surface area contributed by atoms with E-state index < -0.39 is 5.60 Å². The number of carbonyl (C=O) groups excluding carboxylic acids is 1. The van der Waals surface area contributed by atoms with Crippen molar-refractivity contribution in [2.75, 3.05) is 18.8 Å². The molecule has 16 heavy (non-hydrogen) atoms. The number of aromatic nitrogens is 2. The van der Waals surface area contributed by atoms with E-state index in [0.717, 1.165) is 6.42 Å². The Hall–Kier alpha value is -1.63. The van der Waals surface area contributed by atoms with E-state index in [9.17, 15) is 9.90 Å². The van der Waals surface area contributed by atoms with Gasteiger partial charge in [0, 0.05) is 0 Å². The fraction of sp³-hybridized carbons (Fsp3) is 0.667. The second kappa shape index (κ2) is 3.75. The van der Waals surface area contributed by atoms with Crippen LogP contribution in [-0.2, 0) is 0 Å². The lowest BCUT2D eigenvalue weighted by molar-refractivity contribution is -0.0862. The molecule has 1 amide bonds. The van der Waals surface area contributed by atoms with E-state index >= 15 is 0 Å². The topological polar surface area (TPSA) is 105 Å². The molecular weight excluding hydrogens is 212 g/mol. The monoisotopic (exact) mass is 226 g/mol. The van der Waals surface area contributed by atoms with E-state index in [1.54, 1.807) is 0 Å². The minimum atomic E-state index is -0.754. The molecule has 0 atom stereocenters. The number of nitrogen functional groups attached to an aromatic ring is 1. The molecule has 1 aliphatic rings. The average molecular weight is 226 g/mol. The van der Waals surface area contributed by atoms with Gasteiger partial charge in [-0.15, -0.1) is 0 Å². The molecule has 2 heterocycles. The zero-order valence-electron chi connectivity index (χ0n) is 9.01. The van der Waals surface area contributed by atoms with E-state index in [0.29, 0.717) is 19.5 Å². The van der Waals surface area contributed by atoms with Crippen molar-refractivity contribution >= 4 is 11.7 Å². The molecule has 1 fully saturated rings. The van der Waals surface area contributed by atoms with Crippen molar-refractivity contribution in [3.8, 4) is 0 Å². The number of nitrogens with zero attached hydrogens (tertiary/aromatic N) is 3. The van der Waals surface area contributed by atoms with Gasteiger partial charge in [0.15, 0.2) is 0 Å². The maximum absolute atomic E-state index is 11.8. The van der Waals surface area contributed by atoms with Crippen LogP contribution in [0.2, 0.25) is 0 Å². The van der Waals surface area contributed by atoms with Gasteiger partial charge in [-0.25, -0.2) is 4.63 Å². The standard InChI is InChI=1S/C9H14N4O3/c1-2-3-9(15)4-13(5-9)8(14)6-7(10)12-16-11-6/h15H,2-5H2,1H3,(H2,10,12). The first kappa shape index (κ1) is 10.9. The molecule has 0 saturated carbocycles. The van der Waals surface area contributed by atoms with Crippen LogP contribution in [-0.4, -0.2) is 44.9 Å². The highest BCUT2D eigenvalue weighted by atomic mass is 16.6. The molecule has 88 valence electrons. The summed E-state index contributed by atoms with van der Waals surface area (Å²) in [6.45, 7) is 2.61. The summed E-state index contributed by atoms with van der Waals surface area (Å²) in [7, 11) is 0. The normalized spacial score (nSPS) is 18.2. The first-order valence-corrected chi connectivity index (χ1v) is 5.15. The van der Waals surface area contributed by atoms with Gasteiger partial charge in [0.05, 0.1) is 18.7 Å². The Morgan fingerprint density at radius 3 is 2.81 bits per heavy atom. The minimum Gasteiger partial charge on any atom is -0.386 e. The van der Waals surface area contributed by atoms with Crippen LogP contribution in [0.3, 0.4) is 0 Å². The van der Waals surface area contributed by atoms with Gasteiger partial charge in [0.2, 0.25) is 11.5 Å². The van der Waals surface area contributed by atoms with Crippen LogP contribution in [0.4, 0.5) is 5.82 Å². The zero-order chi connectivity index (χ0) is 11.8. The van der Waals surface area contributed by atoms with Crippen LogP contribution in [0.5, 0.6) is 0 Å². The smallest absolute Gasteiger partial charge is 0.280 e. The predicted octanol–water partition coefficient (Wildman–Crippen LogP) is -0.361. The largest absolute Gasteiger partial charge is 0.386 e. The maximum atomic E-state index is 11.8. The molecule has 1 aromatic heterocycles. The SMILES string of the molecule is CCCC1(O)CN(C(=O)c2nonc2N)C1. The van der Waals surface area contributed by atoms with Crippen molar-refractivity contribution in [2.45, 2.75) is 25.4 Å². The Labute approximate surface area is 92.2 Å². The van der Waals surface area contributed by atoms with Crippen LogP contribution in [0.1, 0.15) is 30.3 Å². The Morgan fingerprint density at radius 1 is 1.62 bits per heavy atom. The molecule has 0 unspecified atom stereocenters. The lowest BCUT2D eigenvalue weighted by atomic mass is 9.89. The van der Waals surface area contributed by atoms with Crippen molar-refractivity contribution in [3.05, 3.63) is 5.69 Å². The van der Waals surface area contributed by atoms with E-state index in [2.05, 4.69) is 14.9 Å². The van der Waals surface area contributed by atoms with Crippen molar-refractivity contribution in [1.82, 2.24) is 15.2 Å². The van der Waals surface area contributed by atoms with Gasteiger partial charge >= 0.3 is 0 Å². The first-order valence-electron chi connectivity index (χ1n) is 5.15. The van der Waals surface area contributed by atoms with Crippen LogP contribution < -0.4 is 5.73 Å². The maximum Gasteiger partial charge on any atom is 0.280 e. The Morgan fingerprint density at radius 2 is 2.31 bits per heavy atom. The number of likely N-dealkylation sites (tertiary alicyclic amines) is 1. The molecule has 2 rings (SSSR count). The summed E-state index contributed by atoms with van der Waals surface area (Å²) in [5, 5.41) is 16.7. The van der Waals surface area contributed by atoms with Gasteiger partial charge in [0.25, 0.3) is 5.91 Å². The summed E-state index contributed by atoms with van der Waals surface area (Å²) >= 11 is 0. The van der Waals surface area contributed by atoms with Gasteiger partial charge in [-0.1, -0.05) is 13.3 Å². The Bertz CT molecular complexity index is 397. The molecule has 1 aromatic rings. The molecule has 0 aromatic carbocycles. The number of anilines is 1. The Balaban J connectivity index is 1.98. The average Bonchev–Trinajstić information content (AvgIpc) is 2.60. The molecule has 0 bridgehead atoms. The molecule has 0 radical (unpaired) electrons. The highest BCUT2D eigenvalue weighted by Crippen LogP contribution is 2.27. The molecule has 1 saturated heterocycles. The van der Waals surface area contributed by atoms with Crippen molar-refractivity contribution in [3.63, 3.8) is 0 Å². The number of aliphatic hydroxyl groups is 1. The number of β-amino-alcohol motifs (C(OH)–C–C–N with tert-alkyl or cyclic N) is 1. The fourth-order valence-electron chi connectivity index (χ4n) is 1.92. The number of hydrogen-bond acceptors (Lipinski definition) is 6. The summed E-state index contributed by atoms with van der Waals surface area (Å²) in [5.74, 6) is -0.365. The van der Waals surface area contributed by atoms with Crippen LogP contribution in [0.15, 0.2) is 4.63 Å². The molecule has 0 spiro atoms. The third-order valence-corrected chi connectivity index (χ3v) is 2.69. The molecule has 7 nitrogen and oxygen atoms in total. The molecule has 1 aliphatic heterocycles. The van der Waals surface area contributed by atoms with Crippen molar-refractivity contribution in [2.24, 2.45) is 0 Å². The quantitative estimate of drug-likeness (QED) is 0.729. The van der Waals surface area contributed by atoms with Crippen LogP contribution >= 0.6 is 0 Å². The number of nitrogens with two attached hydrogens (primary N) is 1. The minimum absolute atomic E-state index is 0.0125. The van der Waals surface area contributed by atoms with Crippen molar-refractivity contribution < 1.29 is 14.5 Å². The second-order valence-corrected chi connectivity index (χ2v) is 4.13. The molecule has 0 aliphatic carbocycles. The van der Waals surface area contributed by atoms with Crippen molar-refractivity contribution in [1.29, 1.82) is 0 Å². The van der Waals surface area contributed by atoms with Gasteiger partial charge < -0.3 is 15.7 Å². The van der Waals surface area contributed by atoms with E-state index in [1.807, 2.05) is 6.92 Å². The lowest BCUT2D eigenvalue weighted by Gasteiger charge is -2.46. The molecule has 7 heteroatoms. The first-order chi connectivity index (χ1) is 7.56. The predicted molar refractivity (Wildman–Crippen MR) is 54.5 cm³/mol. The zero-order valence-corrected chi connectivity index (χ0v) is 9.01. The van der Waals surface area contributed by atoms with Gasteiger partial charge in [-0.3, -0.25) is 4.79 Å². The highest BCUT2D eigenvalue weighted by Gasteiger charge is 2.44. The molecule has 3 N–H and O–H groups in total. The van der Waals surface area contributed by atoms with E-state index in [1.165, 1.54) is 4.90 Å². The van der Waals surface area contributed by atoms with Gasteiger partial charge in [0.1, 0.15) is 0 Å². The number of amides is 1. The fourth-order valence-corrected chi connectivity index (χ4v) is 1.92. The third-order valence-electron chi connectivity index (χ3n) is 2.69. The van der Waals surface area contributed by atoms with Crippen LogP contribution in [0, 0.1) is 0 Å². The molecular formula is C9H14N4O3. The summed E-state index contributed by atoms with van der Waals surface area (Å²) in [6.07, 6.45) is 1.56. The van der Waals surface area contributed by atoms with E-state index in [-0.39, 0.29) is 17.4 Å². The van der Waals surface area contributed by atoms with Gasteiger partial charge in [-0.05, 0) is 16.7 Å². The van der Waals surface area contributed by atoms with Crippen LogP contribution in [0.25, 0.3) is 0 Å². The lowest BCUT2D eigenvalue weighted by Crippen LogP contribution is -2.63. The summed E-state index contributed by atoms with van der Waals surface area (Å²) in [6, 6.07) is 0.